The Balaban J connectivity index is 0.933. The Hall–Kier alpha value is -7.00. The standard InChI is InChI=1S/C54H37NS/c1-4-13-38(14-5-1)39-29-33-47(34-30-39)55(46-19-8-3-9-20-46)48-35-31-41(32-36-48)45-18-10-17-44(37-45)40-25-27-43(28-26-40)50-22-12-24-52-51-23-11-21-49(53(51)56-54(50)52)42-15-6-2-7-16-42/h1-37H. The Morgan fingerprint density at radius 1 is 0.250 bits per heavy atom. The van der Waals surface area contributed by atoms with E-state index in [1.165, 1.54) is 75.8 Å². The summed E-state index contributed by atoms with van der Waals surface area (Å²) in [6, 6.07) is 81.0. The van der Waals surface area contributed by atoms with Crippen molar-refractivity contribution in [1.29, 1.82) is 0 Å². The molecule has 264 valence electrons. The van der Waals surface area contributed by atoms with E-state index in [1.807, 2.05) is 11.3 Å². The minimum Gasteiger partial charge on any atom is -0.311 e. The van der Waals surface area contributed by atoms with Crippen molar-refractivity contribution in [3.63, 3.8) is 0 Å². The molecule has 0 atom stereocenters. The van der Waals surface area contributed by atoms with Crippen LogP contribution in [0.5, 0.6) is 0 Å². The fraction of sp³-hybridized carbons (Fsp3) is 0. The predicted molar refractivity (Wildman–Crippen MR) is 241 cm³/mol. The van der Waals surface area contributed by atoms with Crippen molar-refractivity contribution in [3.05, 3.63) is 224 Å². The molecule has 0 saturated carbocycles. The molecule has 0 amide bonds. The van der Waals surface area contributed by atoms with Crippen LogP contribution in [0.15, 0.2) is 224 Å². The number of benzene rings is 9. The SMILES string of the molecule is c1ccc(-c2ccc(N(c3ccccc3)c3ccc(-c4cccc(-c5ccc(-c6cccc7c6sc6c(-c8ccccc8)cccc67)cc5)c4)cc3)cc2)cc1. The molecule has 10 aromatic rings. The second-order valence-electron chi connectivity index (χ2n) is 14.1. The molecular formula is C54H37NS. The largest absolute Gasteiger partial charge is 0.311 e. The molecule has 56 heavy (non-hydrogen) atoms. The van der Waals surface area contributed by atoms with Gasteiger partial charge >= 0.3 is 0 Å². The van der Waals surface area contributed by atoms with Gasteiger partial charge in [-0.1, -0.05) is 182 Å². The zero-order valence-electron chi connectivity index (χ0n) is 30.7. The Bertz CT molecular complexity index is 2910. The lowest BCUT2D eigenvalue weighted by Crippen LogP contribution is -2.09. The molecule has 0 unspecified atom stereocenters. The van der Waals surface area contributed by atoms with E-state index in [4.69, 9.17) is 0 Å². The van der Waals surface area contributed by atoms with Crippen LogP contribution in [0.3, 0.4) is 0 Å². The first kappa shape index (κ1) is 33.6. The van der Waals surface area contributed by atoms with Gasteiger partial charge in [0, 0.05) is 37.2 Å². The number of para-hydroxylation sites is 1. The number of anilines is 3. The molecule has 0 fully saturated rings. The Kier molecular flexibility index (Phi) is 8.79. The van der Waals surface area contributed by atoms with E-state index in [1.54, 1.807) is 0 Å². The average molecular weight is 732 g/mol. The van der Waals surface area contributed by atoms with Crippen LogP contribution in [-0.4, -0.2) is 0 Å². The monoisotopic (exact) mass is 731 g/mol. The van der Waals surface area contributed by atoms with Gasteiger partial charge in [-0.3, -0.25) is 0 Å². The molecule has 0 N–H and O–H groups in total. The van der Waals surface area contributed by atoms with Gasteiger partial charge in [0.05, 0.1) is 0 Å². The fourth-order valence-corrected chi connectivity index (χ4v) is 9.25. The van der Waals surface area contributed by atoms with Crippen molar-refractivity contribution in [2.75, 3.05) is 4.90 Å². The highest BCUT2D eigenvalue weighted by atomic mass is 32.1. The third-order valence-electron chi connectivity index (χ3n) is 10.7. The third-order valence-corrected chi connectivity index (χ3v) is 12.0. The maximum Gasteiger partial charge on any atom is 0.0462 e. The topological polar surface area (TPSA) is 3.24 Å². The molecule has 0 saturated heterocycles. The summed E-state index contributed by atoms with van der Waals surface area (Å²) in [6.07, 6.45) is 0. The van der Waals surface area contributed by atoms with Gasteiger partial charge in [0.1, 0.15) is 0 Å². The van der Waals surface area contributed by atoms with E-state index < -0.39 is 0 Å². The van der Waals surface area contributed by atoms with Crippen LogP contribution in [0.4, 0.5) is 17.1 Å². The van der Waals surface area contributed by atoms with Crippen LogP contribution in [0.1, 0.15) is 0 Å². The minimum absolute atomic E-state index is 1.11. The van der Waals surface area contributed by atoms with Crippen LogP contribution in [0.25, 0.3) is 75.8 Å². The molecule has 0 aliphatic rings. The van der Waals surface area contributed by atoms with E-state index in [2.05, 4.69) is 229 Å². The molecule has 1 nitrogen and oxygen atoms in total. The molecule has 10 rings (SSSR count). The molecule has 1 heterocycles. The Morgan fingerprint density at radius 3 is 1.11 bits per heavy atom. The maximum atomic E-state index is 2.32. The quantitative estimate of drug-likeness (QED) is 0.150. The maximum absolute atomic E-state index is 2.32. The van der Waals surface area contributed by atoms with Crippen molar-refractivity contribution in [1.82, 2.24) is 0 Å². The molecule has 0 radical (unpaired) electrons. The van der Waals surface area contributed by atoms with Crippen molar-refractivity contribution in [3.8, 4) is 55.6 Å². The number of hydrogen-bond acceptors (Lipinski definition) is 2. The lowest BCUT2D eigenvalue weighted by atomic mass is 9.96. The number of fused-ring (bicyclic) bond motifs is 3. The van der Waals surface area contributed by atoms with Gasteiger partial charge in [0.2, 0.25) is 0 Å². The van der Waals surface area contributed by atoms with E-state index in [0.717, 1.165) is 17.1 Å². The normalized spacial score (nSPS) is 11.2. The van der Waals surface area contributed by atoms with Crippen LogP contribution in [0.2, 0.25) is 0 Å². The zero-order valence-corrected chi connectivity index (χ0v) is 31.5. The lowest BCUT2D eigenvalue weighted by Gasteiger charge is -2.26. The van der Waals surface area contributed by atoms with Crippen molar-refractivity contribution in [2.45, 2.75) is 0 Å². The summed E-state index contributed by atoms with van der Waals surface area (Å²) in [4.78, 5) is 2.32. The summed E-state index contributed by atoms with van der Waals surface area (Å²) in [5.74, 6) is 0. The summed E-state index contributed by atoms with van der Waals surface area (Å²) in [5.41, 5.74) is 15.6. The molecule has 0 bridgehead atoms. The highest BCUT2D eigenvalue weighted by Gasteiger charge is 2.15. The Labute approximate surface area is 332 Å². The Morgan fingerprint density at radius 2 is 0.589 bits per heavy atom. The van der Waals surface area contributed by atoms with Gasteiger partial charge in [0.25, 0.3) is 0 Å². The fourth-order valence-electron chi connectivity index (χ4n) is 7.87. The van der Waals surface area contributed by atoms with Crippen molar-refractivity contribution in [2.24, 2.45) is 0 Å². The summed E-state index contributed by atoms with van der Waals surface area (Å²) >= 11 is 1.90. The van der Waals surface area contributed by atoms with Gasteiger partial charge < -0.3 is 4.90 Å². The molecule has 0 aliphatic carbocycles. The van der Waals surface area contributed by atoms with E-state index in [9.17, 15) is 0 Å². The first-order valence-corrected chi connectivity index (χ1v) is 19.9. The molecule has 1 aromatic heterocycles. The van der Waals surface area contributed by atoms with E-state index >= 15 is 0 Å². The summed E-state index contributed by atoms with van der Waals surface area (Å²) in [6.45, 7) is 0. The molecule has 2 heteroatoms. The van der Waals surface area contributed by atoms with Gasteiger partial charge in [-0.05, 0) is 98.1 Å². The second-order valence-corrected chi connectivity index (χ2v) is 15.1. The van der Waals surface area contributed by atoms with Gasteiger partial charge in [0.15, 0.2) is 0 Å². The van der Waals surface area contributed by atoms with Crippen LogP contribution in [-0.2, 0) is 0 Å². The van der Waals surface area contributed by atoms with Gasteiger partial charge in [-0.25, -0.2) is 0 Å². The summed E-state index contributed by atoms with van der Waals surface area (Å²) in [7, 11) is 0. The van der Waals surface area contributed by atoms with Crippen LogP contribution >= 0.6 is 11.3 Å². The number of rotatable bonds is 8. The number of thiophene rings is 1. The smallest absolute Gasteiger partial charge is 0.0462 e. The van der Waals surface area contributed by atoms with Crippen LogP contribution in [0, 0.1) is 0 Å². The predicted octanol–water partition coefficient (Wildman–Crippen LogP) is 15.9. The highest BCUT2D eigenvalue weighted by Crippen LogP contribution is 2.44. The molecule has 9 aromatic carbocycles. The lowest BCUT2D eigenvalue weighted by molar-refractivity contribution is 1.28. The molecule has 0 aliphatic heterocycles. The minimum atomic E-state index is 1.11. The zero-order chi connectivity index (χ0) is 37.3. The van der Waals surface area contributed by atoms with Gasteiger partial charge in [-0.15, -0.1) is 11.3 Å². The number of hydrogen-bond donors (Lipinski definition) is 0. The van der Waals surface area contributed by atoms with Gasteiger partial charge in [-0.2, -0.15) is 0 Å². The van der Waals surface area contributed by atoms with E-state index in [0.29, 0.717) is 0 Å². The first-order chi connectivity index (χ1) is 27.8. The van der Waals surface area contributed by atoms with E-state index in [-0.39, 0.29) is 0 Å². The number of nitrogens with zero attached hydrogens (tertiary/aromatic N) is 1. The molecule has 0 spiro atoms. The highest BCUT2D eigenvalue weighted by molar-refractivity contribution is 7.26. The first-order valence-electron chi connectivity index (χ1n) is 19.1. The van der Waals surface area contributed by atoms with Crippen molar-refractivity contribution >= 4 is 48.6 Å². The summed E-state index contributed by atoms with van der Waals surface area (Å²) < 4.78 is 2.67. The average Bonchev–Trinajstić information content (AvgIpc) is 3.68. The summed E-state index contributed by atoms with van der Waals surface area (Å²) in [5, 5.41) is 2.64. The van der Waals surface area contributed by atoms with Crippen molar-refractivity contribution < 1.29 is 0 Å². The molecular weight excluding hydrogens is 695 g/mol. The van der Waals surface area contributed by atoms with Crippen LogP contribution < -0.4 is 4.90 Å². The second kappa shape index (κ2) is 14.7. The third kappa shape index (κ3) is 6.36.